The molecule has 2 aromatic rings. The first kappa shape index (κ1) is 16.9. The van der Waals surface area contributed by atoms with Crippen molar-refractivity contribution >= 4 is 21.6 Å². The maximum Gasteiger partial charge on any atom is 0.442 e. The van der Waals surface area contributed by atoms with Crippen LogP contribution in [0.3, 0.4) is 0 Å². The molecule has 0 aliphatic heterocycles. The van der Waals surface area contributed by atoms with Crippen LogP contribution >= 0.6 is 11.8 Å². The Labute approximate surface area is 131 Å². The second kappa shape index (κ2) is 6.75. The van der Waals surface area contributed by atoms with E-state index < -0.39 is 26.3 Å². The summed E-state index contributed by atoms with van der Waals surface area (Å²) in [5.41, 5.74) is -4.17. The molecule has 0 fully saturated rings. The van der Waals surface area contributed by atoms with E-state index >= 15 is 0 Å². The maximum atomic E-state index is 12.7. The largest absolute Gasteiger partial charge is 0.442 e. The summed E-state index contributed by atoms with van der Waals surface area (Å²) >= 11 is -0.303. The summed E-state index contributed by atoms with van der Waals surface area (Å²) in [6.07, 6.45) is 0. The highest BCUT2D eigenvalue weighted by Crippen LogP contribution is 2.43. The number of hydrogen-bond donors (Lipinski definition) is 0. The third-order valence-corrected chi connectivity index (χ3v) is 5.88. The molecule has 2 rings (SSSR count). The molecule has 0 aliphatic rings. The van der Waals surface area contributed by atoms with Crippen LogP contribution in [0.2, 0.25) is 0 Å². The second-order valence-corrected chi connectivity index (χ2v) is 7.86. The van der Waals surface area contributed by atoms with Crippen LogP contribution in [0.1, 0.15) is 10.8 Å². The molecule has 1 unspecified atom stereocenters. The molecular formula is C15H13F3O2S2. The fraction of sp³-hybridized carbons (Fsp3) is 0.200. The van der Waals surface area contributed by atoms with Gasteiger partial charge in [-0.25, -0.2) is 8.42 Å². The minimum absolute atomic E-state index is 0.0266. The van der Waals surface area contributed by atoms with Crippen LogP contribution in [0.4, 0.5) is 13.2 Å². The van der Waals surface area contributed by atoms with E-state index in [1.807, 2.05) is 0 Å². The van der Waals surface area contributed by atoms with E-state index in [1.165, 1.54) is 24.3 Å². The predicted molar refractivity (Wildman–Crippen MR) is 81.3 cm³/mol. The van der Waals surface area contributed by atoms with Crippen molar-refractivity contribution in [3.63, 3.8) is 0 Å². The summed E-state index contributed by atoms with van der Waals surface area (Å²) in [7, 11) is -3.80. The van der Waals surface area contributed by atoms with Crippen molar-refractivity contribution in [2.45, 2.75) is 15.7 Å². The van der Waals surface area contributed by atoms with Crippen molar-refractivity contribution < 1.29 is 21.6 Å². The van der Waals surface area contributed by atoms with E-state index in [2.05, 4.69) is 0 Å². The van der Waals surface area contributed by atoms with E-state index in [4.69, 9.17) is 0 Å². The molecule has 0 saturated heterocycles. The highest BCUT2D eigenvalue weighted by atomic mass is 32.2. The molecule has 0 amide bonds. The molecule has 0 bridgehead atoms. The van der Waals surface area contributed by atoms with Gasteiger partial charge in [-0.15, -0.1) is 0 Å². The fourth-order valence-corrected chi connectivity index (χ4v) is 4.73. The highest BCUT2D eigenvalue weighted by Gasteiger charge is 2.36. The van der Waals surface area contributed by atoms with Crippen LogP contribution in [0.15, 0.2) is 65.6 Å². The van der Waals surface area contributed by atoms with Crippen molar-refractivity contribution in [1.82, 2.24) is 0 Å². The molecule has 2 nitrogen and oxygen atoms in total. The lowest BCUT2D eigenvalue weighted by Crippen LogP contribution is -2.16. The lowest BCUT2D eigenvalue weighted by Gasteiger charge is -2.18. The zero-order chi connectivity index (χ0) is 16.2. The Morgan fingerprint density at radius 3 is 1.91 bits per heavy atom. The van der Waals surface area contributed by atoms with Crippen LogP contribution in [-0.4, -0.2) is 19.7 Å². The zero-order valence-electron chi connectivity index (χ0n) is 11.3. The highest BCUT2D eigenvalue weighted by molar-refractivity contribution is 8.01. The van der Waals surface area contributed by atoms with Gasteiger partial charge < -0.3 is 0 Å². The Bertz CT molecular complexity index is 699. The number of rotatable bonds is 5. The molecule has 0 N–H and O–H groups in total. The van der Waals surface area contributed by atoms with E-state index in [-0.39, 0.29) is 16.7 Å². The van der Waals surface area contributed by atoms with Gasteiger partial charge in [-0.2, -0.15) is 13.2 Å². The molecule has 0 radical (unpaired) electrons. The van der Waals surface area contributed by atoms with Crippen LogP contribution < -0.4 is 0 Å². The van der Waals surface area contributed by atoms with E-state index in [0.717, 1.165) is 0 Å². The standard InChI is InChI=1S/C15H13F3O2S2/c16-15(17,18)21-14(12-7-3-1-4-8-12)11-22(19,20)13-9-5-2-6-10-13/h1-10,14H,11H2. The third kappa shape index (κ3) is 4.78. The molecule has 1 atom stereocenters. The summed E-state index contributed by atoms with van der Waals surface area (Å²) in [4.78, 5) is 0.0266. The molecule has 0 saturated carbocycles. The van der Waals surface area contributed by atoms with Crippen molar-refractivity contribution in [3.05, 3.63) is 66.2 Å². The fourth-order valence-electron chi connectivity index (χ4n) is 1.95. The average molecular weight is 346 g/mol. The van der Waals surface area contributed by atoms with Crippen molar-refractivity contribution in [2.75, 3.05) is 5.75 Å². The minimum atomic E-state index is -4.51. The number of benzene rings is 2. The first-order valence-corrected chi connectivity index (χ1v) is 8.88. The smallest absolute Gasteiger partial charge is 0.224 e. The first-order chi connectivity index (χ1) is 10.3. The molecule has 118 valence electrons. The third-order valence-electron chi connectivity index (χ3n) is 2.92. The minimum Gasteiger partial charge on any atom is -0.224 e. The average Bonchev–Trinajstić information content (AvgIpc) is 2.47. The van der Waals surface area contributed by atoms with Crippen molar-refractivity contribution in [2.24, 2.45) is 0 Å². The quantitative estimate of drug-likeness (QED) is 0.802. The summed E-state index contributed by atoms with van der Waals surface area (Å²) in [6.45, 7) is 0. The van der Waals surface area contributed by atoms with Gasteiger partial charge in [-0.05, 0) is 29.5 Å². The molecule has 0 aromatic heterocycles. The Hall–Kier alpha value is -1.47. The Balaban J connectivity index is 2.31. The molecule has 0 aliphatic carbocycles. The summed E-state index contributed by atoms with van der Waals surface area (Å²) < 4.78 is 62.9. The van der Waals surface area contributed by atoms with Gasteiger partial charge >= 0.3 is 5.51 Å². The number of halogens is 3. The second-order valence-electron chi connectivity index (χ2n) is 4.56. The van der Waals surface area contributed by atoms with E-state index in [1.54, 1.807) is 36.4 Å². The maximum absolute atomic E-state index is 12.7. The topological polar surface area (TPSA) is 34.1 Å². The van der Waals surface area contributed by atoms with Gasteiger partial charge in [-0.3, -0.25) is 0 Å². The Morgan fingerprint density at radius 2 is 1.41 bits per heavy atom. The Morgan fingerprint density at radius 1 is 0.909 bits per heavy atom. The van der Waals surface area contributed by atoms with Gasteiger partial charge in [0.25, 0.3) is 0 Å². The zero-order valence-corrected chi connectivity index (χ0v) is 13.0. The van der Waals surface area contributed by atoms with Crippen molar-refractivity contribution in [3.8, 4) is 0 Å². The molecule has 22 heavy (non-hydrogen) atoms. The number of thioether (sulfide) groups is 1. The Kier molecular flexibility index (Phi) is 5.18. The molecular weight excluding hydrogens is 333 g/mol. The molecule has 7 heteroatoms. The van der Waals surface area contributed by atoms with E-state index in [9.17, 15) is 21.6 Å². The van der Waals surface area contributed by atoms with Crippen LogP contribution in [0, 0.1) is 0 Å². The molecule has 0 spiro atoms. The summed E-state index contributed by atoms with van der Waals surface area (Å²) in [5, 5.41) is -1.20. The number of sulfone groups is 1. The van der Waals surface area contributed by atoms with Gasteiger partial charge in [0.05, 0.1) is 15.9 Å². The lowest BCUT2D eigenvalue weighted by atomic mass is 10.2. The summed E-state index contributed by atoms with van der Waals surface area (Å²) in [6, 6.07) is 15.4. The van der Waals surface area contributed by atoms with Gasteiger partial charge in [0.15, 0.2) is 9.84 Å². The van der Waals surface area contributed by atoms with E-state index in [0.29, 0.717) is 5.56 Å². The SMILES string of the molecule is O=S(=O)(CC(SC(F)(F)F)c1ccccc1)c1ccccc1. The predicted octanol–water partition coefficient (Wildman–Crippen LogP) is 4.45. The van der Waals surface area contributed by atoms with Gasteiger partial charge in [0, 0.05) is 0 Å². The molecule has 0 heterocycles. The van der Waals surface area contributed by atoms with Gasteiger partial charge in [-0.1, -0.05) is 48.5 Å². The van der Waals surface area contributed by atoms with Gasteiger partial charge in [0.2, 0.25) is 0 Å². The first-order valence-electron chi connectivity index (χ1n) is 6.35. The van der Waals surface area contributed by atoms with Crippen molar-refractivity contribution in [1.29, 1.82) is 0 Å². The van der Waals surface area contributed by atoms with Crippen LogP contribution in [-0.2, 0) is 9.84 Å². The van der Waals surface area contributed by atoms with Gasteiger partial charge in [0.1, 0.15) is 0 Å². The lowest BCUT2D eigenvalue weighted by molar-refractivity contribution is -0.0333. The number of alkyl halides is 3. The monoisotopic (exact) mass is 346 g/mol. The van der Waals surface area contributed by atoms with Crippen LogP contribution in [0.25, 0.3) is 0 Å². The van der Waals surface area contributed by atoms with Crippen LogP contribution in [0.5, 0.6) is 0 Å². The summed E-state index contributed by atoms with van der Waals surface area (Å²) in [5.74, 6) is -0.606. The molecule has 2 aromatic carbocycles. The normalized spacial score (nSPS) is 13.8. The number of hydrogen-bond acceptors (Lipinski definition) is 3.